The third-order valence-electron chi connectivity index (χ3n) is 5.29. The van der Waals surface area contributed by atoms with Crippen LogP contribution in [-0.4, -0.2) is 41.2 Å². The predicted molar refractivity (Wildman–Crippen MR) is 145 cm³/mol. The number of nitro benzene ring substituents is 1. The number of nitro groups is 1. The van der Waals surface area contributed by atoms with Gasteiger partial charge in [0.2, 0.25) is 5.75 Å². The van der Waals surface area contributed by atoms with Crippen molar-refractivity contribution in [2.75, 3.05) is 13.2 Å². The number of fused-ring (bicyclic) bond motifs is 1. The highest BCUT2D eigenvalue weighted by molar-refractivity contribution is 9.10. The second-order valence-corrected chi connectivity index (χ2v) is 8.69. The molecular weight excluding hydrogens is 556 g/mol. The molecule has 0 aliphatic carbocycles. The Morgan fingerprint density at radius 2 is 1.84 bits per heavy atom. The van der Waals surface area contributed by atoms with Gasteiger partial charge in [0.1, 0.15) is 0 Å². The Balaban J connectivity index is 1.57. The molecule has 0 atom stereocenters. The molecule has 0 saturated carbocycles. The van der Waals surface area contributed by atoms with Gasteiger partial charge in [-0.1, -0.05) is 48.5 Å². The molecule has 0 spiro atoms. The second kappa shape index (κ2) is 12.1. The molecule has 0 fully saturated rings. The van der Waals surface area contributed by atoms with Gasteiger partial charge >= 0.3 is 11.7 Å². The molecule has 0 bridgehead atoms. The zero-order valence-electron chi connectivity index (χ0n) is 20.1. The highest BCUT2D eigenvalue weighted by Gasteiger charge is 2.21. The number of carbonyl (C=O) groups excluding carboxylic acids is 2. The van der Waals surface area contributed by atoms with Crippen LogP contribution in [0.4, 0.5) is 5.69 Å². The van der Waals surface area contributed by atoms with Crippen molar-refractivity contribution in [2.45, 2.75) is 6.92 Å². The van der Waals surface area contributed by atoms with E-state index in [0.717, 1.165) is 5.56 Å². The average molecular weight is 577 g/mol. The lowest BCUT2D eigenvalue weighted by Gasteiger charge is -2.10. The summed E-state index contributed by atoms with van der Waals surface area (Å²) in [5, 5.41) is 16.3. The topological polar surface area (TPSA) is 133 Å². The van der Waals surface area contributed by atoms with E-state index >= 15 is 0 Å². The predicted octanol–water partition coefficient (Wildman–Crippen LogP) is 5.28. The van der Waals surface area contributed by atoms with E-state index in [4.69, 9.17) is 9.47 Å². The van der Waals surface area contributed by atoms with Crippen molar-refractivity contribution >= 4 is 50.6 Å². The van der Waals surface area contributed by atoms with E-state index < -0.39 is 23.4 Å². The molecule has 0 radical (unpaired) electrons. The number of nitrogens with zero attached hydrogens (tertiary/aromatic N) is 3. The van der Waals surface area contributed by atoms with E-state index in [0.29, 0.717) is 27.7 Å². The summed E-state index contributed by atoms with van der Waals surface area (Å²) in [6, 6.07) is 21.2. The maximum Gasteiger partial charge on any atom is 0.344 e. The van der Waals surface area contributed by atoms with Gasteiger partial charge in [0.15, 0.2) is 6.61 Å². The van der Waals surface area contributed by atoms with Gasteiger partial charge in [-0.25, -0.2) is 15.2 Å². The normalized spacial score (nSPS) is 10.9. The number of benzene rings is 3. The summed E-state index contributed by atoms with van der Waals surface area (Å²) in [6.07, 6.45) is 1.27. The van der Waals surface area contributed by atoms with Crippen LogP contribution in [0.5, 0.6) is 5.75 Å². The summed E-state index contributed by atoms with van der Waals surface area (Å²) in [5.41, 5.74) is 4.94. The number of aromatic nitrogens is 1. The van der Waals surface area contributed by atoms with Gasteiger partial charge in [-0.3, -0.25) is 14.9 Å². The van der Waals surface area contributed by atoms with Crippen molar-refractivity contribution in [3.8, 4) is 17.0 Å². The lowest BCUT2D eigenvalue weighted by atomic mass is 10.0. The fourth-order valence-corrected chi connectivity index (χ4v) is 4.21. The maximum absolute atomic E-state index is 13.1. The summed E-state index contributed by atoms with van der Waals surface area (Å²) in [4.78, 5) is 40.3. The summed E-state index contributed by atoms with van der Waals surface area (Å²) in [7, 11) is 0. The number of carbonyl (C=O) groups is 2. The third kappa shape index (κ3) is 6.19. The SMILES string of the molecule is CCOC(=O)COc1c(Br)cc(/C=N\NC(=O)c2cc(-c3ccccc3)nc3ccccc23)cc1[N+](=O)[O-]. The van der Waals surface area contributed by atoms with Gasteiger partial charge in [0.25, 0.3) is 5.91 Å². The molecule has 192 valence electrons. The second-order valence-electron chi connectivity index (χ2n) is 7.84. The van der Waals surface area contributed by atoms with Gasteiger partial charge in [0.05, 0.1) is 39.0 Å². The number of hydrogen-bond acceptors (Lipinski definition) is 8. The number of esters is 1. The van der Waals surface area contributed by atoms with Gasteiger partial charge in [-0.2, -0.15) is 5.10 Å². The minimum Gasteiger partial charge on any atom is -0.474 e. The molecule has 3 aromatic carbocycles. The van der Waals surface area contributed by atoms with Crippen LogP contribution >= 0.6 is 15.9 Å². The van der Waals surface area contributed by atoms with Crippen LogP contribution in [0.25, 0.3) is 22.2 Å². The third-order valence-corrected chi connectivity index (χ3v) is 5.88. The Labute approximate surface area is 225 Å². The van der Waals surface area contributed by atoms with Gasteiger partial charge in [0, 0.05) is 22.6 Å². The van der Waals surface area contributed by atoms with E-state index in [1.54, 1.807) is 19.1 Å². The minimum atomic E-state index is -0.652. The van der Waals surface area contributed by atoms with E-state index in [9.17, 15) is 19.7 Å². The molecular formula is C27H21BrN4O6. The molecule has 0 saturated heterocycles. The van der Waals surface area contributed by atoms with Crippen molar-refractivity contribution in [2.24, 2.45) is 5.10 Å². The van der Waals surface area contributed by atoms with Crippen LogP contribution in [0.1, 0.15) is 22.8 Å². The first-order valence-electron chi connectivity index (χ1n) is 11.4. The summed E-state index contributed by atoms with van der Waals surface area (Å²) < 4.78 is 10.3. The van der Waals surface area contributed by atoms with Gasteiger partial charge < -0.3 is 9.47 Å². The minimum absolute atomic E-state index is 0.124. The molecule has 38 heavy (non-hydrogen) atoms. The van der Waals surface area contributed by atoms with E-state index in [1.807, 2.05) is 48.5 Å². The lowest BCUT2D eigenvalue weighted by molar-refractivity contribution is -0.385. The highest BCUT2D eigenvalue weighted by atomic mass is 79.9. The Morgan fingerprint density at radius 1 is 1.11 bits per heavy atom. The molecule has 10 nitrogen and oxygen atoms in total. The Morgan fingerprint density at radius 3 is 2.58 bits per heavy atom. The maximum atomic E-state index is 13.1. The molecule has 0 unspecified atom stereocenters. The number of nitrogens with one attached hydrogen (secondary N) is 1. The fourth-order valence-electron chi connectivity index (χ4n) is 3.63. The molecule has 4 aromatic rings. The first-order valence-corrected chi connectivity index (χ1v) is 12.2. The van der Waals surface area contributed by atoms with Crippen LogP contribution in [-0.2, 0) is 9.53 Å². The van der Waals surface area contributed by atoms with Crippen LogP contribution in [0, 0.1) is 10.1 Å². The lowest BCUT2D eigenvalue weighted by Crippen LogP contribution is -2.18. The number of halogens is 1. The number of hydrazone groups is 1. The quantitative estimate of drug-likeness (QED) is 0.124. The molecule has 0 aliphatic heterocycles. The number of hydrogen-bond donors (Lipinski definition) is 1. The van der Waals surface area contributed by atoms with Gasteiger partial charge in [-0.15, -0.1) is 0 Å². The Hall–Kier alpha value is -4.64. The first-order chi connectivity index (χ1) is 18.4. The Kier molecular flexibility index (Phi) is 8.39. The first kappa shape index (κ1) is 26.4. The number of para-hydroxylation sites is 1. The smallest absolute Gasteiger partial charge is 0.344 e. The average Bonchev–Trinajstić information content (AvgIpc) is 2.92. The van der Waals surface area contributed by atoms with Crippen molar-refractivity contribution in [3.63, 3.8) is 0 Å². The fraction of sp³-hybridized carbons (Fsp3) is 0.111. The molecule has 1 aromatic heterocycles. The van der Waals surface area contributed by atoms with E-state index in [1.165, 1.54) is 18.3 Å². The molecule has 1 N–H and O–H groups in total. The zero-order chi connectivity index (χ0) is 27.1. The molecule has 1 heterocycles. The van der Waals surface area contributed by atoms with E-state index in [2.05, 4.69) is 31.4 Å². The molecule has 11 heteroatoms. The Bertz CT molecular complexity index is 1540. The number of rotatable bonds is 9. The number of pyridine rings is 1. The van der Waals surface area contributed by atoms with Crippen LogP contribution in [0.3, 0.4) is 0 Å². The molecule has 0 aliphatic rings. The number of amides is 1. The van der Waals surface area contributed by atoms with Crippen LogP contribution in [0.2, 0.25) is 0 Å². The monoisotopic (exact) mass is 576 g/mol. The summed E-state index contributed by atoms with van der Waals surface area (Å²) in [6.45, 7) is 1.32. The van der Waals surface area contributed by atoms with Crippen molar-refractivity contribution in [3.05, 3.63) is 98.5 Å². The van der Waals surface area contributed by atoms with Crippen LogP contribution in [0.15, 0.2) is 82.4 Å². The highest BCUT2D eigenvalue weighted by Crippen LogP contribution is 2.36. The largest absolute Gasteiger partial charge is 0.474 e. The van der Waals surface area contributed by atoms with Crippen molar-refractivity contribution in [1.29, 1.82) is 0 Å². The standard InChI is InChI=1S/C27H21BrN4O6/c1-2-37-25(33)16-38-26-21(28)12-17(13-24(26)32(35)36)15-29-31-27(34)20-14-23(18-8-4-3-5-9-18)30-22-11-7-6-10-19(20)22/h3-15H,2,16H2,1H3,(H,31,34)/b29-15-. The summed E-state index contributed by atoms with van der Waals surface area (Å²) >= 11 is 3.23. The number of ether oxygens (including phenoxy) is 2. The van der Waals surface area contributed by atoms with Crippen molar-refractivity contribution < 1.29 is 24.0 Å². The summed E-state index contributed by atoms with van der Waals surface area (Å²) in [5.74, 6) is -1.25. The zero-order valence-corrected chi connectivity index (χ0v) is 21.7. The van der Waals surface area contributed by atoms with Crippen molar-refractivity contribution in [1.82, 2.24) is 10.4 Å². The van der Waals surface area contributed by atoms with E-state index in [-0.39, 0.29) is 22.5 Å². The van der Waals surface area contributed by atoms with Crippen LogP contribution < -0.4 is 10.2 Å². The van der Waals surface area contributed by atoms with Gasteiger partial charge in [-0.05, 0) is 41.1 Å². The molecule has 1 amide bonds. The molecule has 4 rings (SSSR count).